The molecular weight excluding hydrogens is 400 g/mol. The Morgan fingerprint density at radius 1 is 0.621 bits per heavy atom. The van der Waals surface area contributed by atoms with Crippen molar-refractivity contribution in [1.29, 1.82) is 0 Å². The van der Waals surface area contributed by atoms with Crippen LogP contribution in [-0.2, 0) is 23.4 Å². The SMILES string of the molecule is COCC(C)COO[Si](C)(C)C(C)(C)C.COCC(C)CO[Si](C)(C)C(C)(C)C. The zero-order chi connectivity index (χ0) is 23.5. The molecule has 29 heavy (non-hydrogen) atoms. The number of hydrogen-bond acceptors (Lipinski definition) is 5. The second kappa shape index (κ2) is 13.6. The Bertz CT molecular complexity index is 414. The summed E-state index contributed by atoms with van der Waals surface area (Å²) in [6.07, 6.45) is 0. The van der Waals surface area contributed by atoms with E-state index in [1.54, 1.807) is 14.2 Å². The van der Waals surface area contributed by atoms with Gasteiger partial charge in [0.1, 0.15) is 0 Å². The highest BCUT2D eigenvalue weighted by molar-refractivity contribution is 6.74. The molecule has 0 aromatic heterocycles. The molecule has 0 radical (unpaired) electrons. The molecule has 0 aromatic rings. The van der Waals surface area contributed by atoms with Gasteiger partial charge in [0, 0.05) is 32.7 Å². The molecule has 2 atom stereocenters. The maximum Gasteiger partial charge on any atom is 0.238 e. The van der Waals surface area contributed by atoms with Gasteiger partial charge in [-0.15, -0.1) is 0 Å². The first-order valence-corrected chi connectivity index (χ1v) is 16.7. The highest BCUT2D eigenvalue weighted by Crippen LogP contribution is 2.37. The molecule has 0 aliphatic heterocycles. The van der Waals surface area contributed by atoms with Crippen molar-refractivity contribution in [3.05, 3.63) is 0 Å². The second-order valence-electron chi connectivity index (χ2n) is 11.3. The lowest BCUT2D eigenvalue weighted by atomic mass is 10.2. The lowest BCUT2D eigenvalue weighted by Crippen LogP contribution is -2.42. The minimum absolute atomic E-state index is 0.192. The number of ether oxygens (including phenoxy) is 2. The topological polar surface area (TPSA) is 46.2 Å². The van der Waals surface area contributed by atoms with E-state index in [9.17, 15) is 0 Å². The smallest absolute Gasteiger partial charge is 0.238 e. The summed E-state index contributed by atoms with van der Waals surface area (Å²) in [4.78, 5) is 5.32. The van der Waals surface area contributed by atoms with E-state index in [4.69, 9.17) is 23.4 Å². The van der Waals surface area contributed by atoms with Crippen molar-refractivity contribution < 1.29 is 23.4 Å². The Morgan fingerprint density at radius 3 is 1.34 bits per heavy atom. The quantitative estimate of drug-likeness (QED) is 0.203. The number of methoxy groups -OCH3 is 2. The first-order valence-electron chi connectivity index (χ1n) is 10.8. The van der Waals surface area contributed by atoms with E-state index >= 15 is 0 Å². The summed E-state index contributed by atoms with van der Waals surface area (Å²) < 4.78 is 21.8. The molecule has 0 saturated heterocycles. The van der Waals surface area contributed by atoms with Crippen molar-refractivity contribution in [3.63, 3.8) is 0 Å². The van der Waals surface area contributed by atoms with E-state index in [-0.39, 0.29) is 5.04 Å². The second-order valence-corrected chi connectivity index (χ2v) is 20.8. The van der Waals surface area contributed by atoms with Crippen LogP contribution in [0.5, 0.6) is 0 Å². The van der Waals surface area contributed by atoms with Crippen molar-refractivity contribution in [3.8, 4) is 0 Å². The molecule has 5 nitrogen and oxygen atoms in total. The van der Waals surface area contributed by atoms with E-state index in [2.05, 4.69) is 81.6 Å². The van der Waals surface area contributed by atoms with Gasteiger partial charge in [0.25, 0.3) is 0 Å². The van der Waals surface area contributed by atoms with Gasteiger partial charge in [-0.25, -0.2) is 4.89 Å². The first kappa shape index (κ1) is 31.4. The first-order chi connectivity index (χ1) is 12.9. The highest BCUT2D eigenvalue weighted by Gasteiger charge is 2.39. The molecule has 0 N–H and O–H groups in total. The van der Waals surface area contributed by atoms with Crippen LogP contribution in [0.3, 0.4) is 0 Å². The van der Waals surface area contributed by atoms with Gasteiger partial charge in [-0.05, 0) is 36.3 Å². The molecule has 0 spiro atoms. The molecule has 0 aliphatic carbocycles. The summed E-state index contributed by atoms with van der Waals surface area (Å²) in [5.74, 6) is 0.869. The van der Waals surface area contributed by atoms with Gasteiger partial charge < -0.3 is 13.9 Å². The van der Waals surface area contributed by atoms with Crippen LogP contribution in [0.4, 0.5) is 0 Å². The molecule has 0 rings (SSSR count). The largest absolute Gasteiger partial charge is 0.416 e. The van der Waals surface area contributed by atoms with Crippen LogP contribution in [-0.4, -0.2) is 57.3 Å². The van der Waals surface area contributed by atoms with Crippen molar-refractivity contribution >= 4 is 16.6 Å². The average molecular weight is 453 g/mol. The molecule has 0 amide bonds. The Hall–Kier alpha value is 0.234. The maximum atomic E-state index is 6.07. The van der Waals surface area contributed by atoms with Crippen molar-refractivity contribution in [2.24, 2.45) is 11.8 Å². The lowest BCUT2D eigenvalue weighted by Gasteiger charge is -2.36. The van der Waals surface area contributed by atoms with Gasteiger partial charge in [0.05, 0.1) is 19.8 Å². The van der Waals surface area contributed by atoms with Crippen LogP contribution in [0.15, 0.2) is 0 Å². The van der Waals surface area contributed by atoms with Crippen molar-refractivity contribution in [1.82, 2.24) is 0 Å². The molecule has 0 fully saturated rings. The molecular formula is C22H52O5Si2. The van der Waals surface area contributed by atoms with Crippen LogP contribution in [0.25, 0.3) is 0 Å². The van der Waals surface area contributed by atoms with Gasteiger partial charge in [0.2, 0.25) is 8.32 Å². The van der Waals surface area contributed by atoms with Gasteiger partial charge in [-0.3, -0.25) is 4.58 Å². The van der Waals surface area contributed by atoms with Gasteiger partial charge in [-0.1, -0.05) is 55.4 Å². The summed E-state index contributed by atoms with van der Waals surface area (Å²) >= 11 is 0. The fourth-order valence-electron chi connectivity index (χ4n) is 1.65. The van der Waals surface area contributed by atoms with Crippen LogP contribution >= 0.6 is 0 Å². The fourth-order valence-corrected chi connectivity index (χ4v) is 3.40. The summed E-state index contributed by atoms with van der Waals surface area (Å²) in [6.45, 7) is 29.5. The predicted octanol–water partition coefficient (Wildman–Crippen LogP) is 6.51. The monoisotopic (exact) mass is 452 g/mol. The minimum Gasteiger partial charge on any atom is -0.416 e. The van der Waals surface area contributed by atoms with Crippen LogP contribution in [0.1, 0.15) is 55.4 Å². The normalized spacial score (nSPS) is 15.5. The molecule has 0 heterocycles. The molecule has 7 heteroatoms. The lowest BCUT2D eigenvalue weighted by molar-refractivity contribution is -0.231. The Balaban J connectivity index is 0. The molecule has 0 aromatic carbocycles. The van der Waals surface area contributed by atoms with E-state index < -0.39 is 16.6 Å². The van der Waals surface area contributed by atoms with Gasteiger partial charge in [-0.2, -0.15) is 0 Å². The van der Waals surface area contributed by atoms with E-state index in [1.165, 1.54) is 0 Å². The highest BCUT2D eigenvalue weighted by atomic mass is 28.4. The standard InChI is InChI=1S/C11H26O3Si.C11H26O2Si/c1-10(8-12-5)9-13-14-15(6,7)11(2,3)4;1-10(8-12-5)9-13-14(6,7)11(2,3)4/h10H,8-9H2,1-7H3;10H,8-9H2,1-7H3. The third kappa shape index (κ3) is 14.0. The van der Waals surface area contributed by atoms with Gasteiger partial charge >= 0.3 is 0 Å². The minimum atomic E-state index is -1.76. The van der Waals surface area contributed by atoms with Crippen molar-refractivity contribution in [2.45, 2.75) is 91.7 Å². The van der Waals surface area contributed by atoms with E-state index in [1.807, 2.05) is 0 Å². The number of hydrogen-bond donors (Lipinski definition) is 0. The molecule has 178 valence electrons. The fraction of sp³-hybridized carbons (Fsp3) is 1.00. The molecule has 0 bridgehead atoms. The Kier molecular flexibility index (Phi) is 14.7. The van der Waals surface area contributed by atoms with Crippen LogP contribution in [0.2, 0.25) is 36.3 Å². The third-order valence-corrected chi connectivity index (χ3v) is 14.5. The average Bonchev–Trinajstić information content (AvgIpc) is 2.52. The maximum absolute atomic E-state index is 6.07. The van der Waals surface area contributed by atoms with Crippen LogP contribution < -0.4 is 0 Å². The predicted molar refractivity (Wildman–Crippen MR) is 129 cm³/mol. The van der Waals surface area contributed by atoms with Gasteiger partial charge in [0.15, 0.2) is 8.32 Å². The summed E-state index contributed by atoms with van der Waals surface area (Å²) in [6, 6.07) is 0. The zero-order valence-electron chi connectivity index (χ0n) is 22.0. The Morgan fingerprint density at radius 2 is 1.00 bits per heavy atom. The summed E-state index contributed by atoms with van der Waals surface area (Å²) in [5, 5.41) is 0.497. The molecule has 0 saturated carbocycles. The number of rotatable bonds is 11. The molecule has 2 unspecified atom stereocenters. The summed E-state index contributed by atoms with van der Waals surface area (Å²) in [5.41, 5.74) is 0. The van der Waals surface area contributed by atoms with E-state index in [0.29, 0.717) is 30.1 Å². The Labute approximate surface area is 184 Å². The van der Waals surface area contributed by atoms with Crippen LogP contribution in [0, 0.1) is 11.8 Å². The third-order valence-electron chi connectivity index (χ3n) is 5.86. The molecule has 0 aliphatic rings. The van der Waals surface area contributed by atoms with Crippen molar-refractivity contribution in [2.75, 3.05) is 40.6 Å². The van der Waals surface area contributed by atoms with E-state index in [0.717, 1.165) is 13.2 Å². The summed E-state index contributed by atoms with van der Waals surface area (Å²) in [7, 11) is 0.129. The zero-order valence-corrected chi connectivity index (χ0v) is 24.0.